The van der Waals surface area contributed by atoms with Crippen LogP contribution < -0.4 is 10.9 Å². The van der Waals surface area contributed by atoms with Gasteiger partial charge in [-0.3, -0.25) is 18.8 Å². The van der Waals surface area contributed by atoms with Crippen LogP contribution in [0.25, 0.3) is 0 Å². The summed E-state index contributed by atoms with van der Waals surface area (Å²) in [6.07, 6.45) is 9.64. The summed E-state index contributed by atoms with van der Waals surface area (Å²) in [5, 5.41) is 6.75. The lowest BCUT2D eigenvalue weighted by molar-refractivity contribution is -0.121. The van der Waals surface area contributed by atoms with Gasteiger partial charge in [-0.1, -0.05) is 12.8 Å². The molecule has 0 radical (unpaired) electrons. The maximum absolute atomic E-state index is 12.1. The first kappa shape index (κ1) is 15.5. The Morgan fingerprint density at radius 3 is 2.87 bits per heavy atom. The first-order chi connectivity index (χ1) is 11.2. The van der Waals surface area contributed by atoms with Crippen LogP contribution in [0.15, 0.2) is 35.6 Å². The van der Waals surface area contributed by atoms with Crippen molar-refractivity contribution in [3.63, 3.8) is 0 Å². The molecule has 0 atom stereocenters. The third-order valence-electron chi connectivity index (χ3n) is 4.21. The van der Waals surface area contributed by atoms with Crippen LogP contribution in [0, 0.1) is 0 Å². The van der Waals surface area contributed by atoms with Crippen molar-refractivity contribution in [2.24, 2.45) is 0 Å². The van der Waals surface area contributed by atoms with Gasteiger partial charge < -0.3 is 5.32 Å². The molecule has 3 rings (SSSR count). The monoisotopic (exact) mass is 315 g/mol. The van der Waals surface area contributed by atoms with Crippen molar-refractivity contribution < 1.29 is 4.79 Å². The van der Waals surface area contributed by atoms with Gasteiger partial charge in [-0.15, -0.1) is 0 Å². The van der Waals surface area contributed by atoms with Crippen LogP contribution in [0.1, 0.15) is 37.3 Å². The Morgan fingerprint density at radius 1 is 1.35 bits per heavy atom. The van der Waals surface area contributed by atoms with Crippen molar-refractivity contribution in [1.29, 1.82) is 0 Å². The van der Waals surface area contributed by atoms with Gasteiger partial charge >= 0.3 is 0 Å². The van der Waals surface area contributed by atoms with E-state index in [-0.39, 0.29) is 18.0 Å². The van der Waals surface area contributed by atoms with Gasteiger partial charge in [0, 0.05) is 37.5 Å². The third-order valence-corrected chi connectivity index (χ3v) is 4.21. The standard InChI is InChI=1S/C16H21N5O2/c22-15(11-21-8-3-6-19-21)17-7-9-20-12-18-14(10-16(20)23)13-4-1-2-5-13/h3,6,8,10,12-13H,1-2,4-5,7,9,11H2,(H,17,22). The normalized spacial score (nSPS) is 15.0. The molecular weight excluding hydrogens is 294 g/mol. The molecule has 1 N–H and O–H groups in total. The van der Waals surface area contributed by atoms with Gasteiger partial charge in [0.05, 0.1) is 12.0 Å². The smallest absolute Gasteiger partial charge is 0.253 e. The first-order valence-corrected chi connectivity index (χ1v) is 8.03. The number of carbonyl (C=O) groups is 1. The summed E-state index contributed by atoms with van der Waals surface area (Å²) in [6.45, 7) is 0.993. The molecule has 0 saturated heterocycles. The van der Waals surface area contributed by atoms with Crippen molar-refractivity contribution in [2.75, 3.05) is 6.54 Å². The van der Waals surface area contributed by atoms with Crippen LogP contribution in [-0.2, 0) is 17.9 Å². The first-order valence-electron chi connectivity index (χ1n) is 8.03. The van der Waals surface area contributed by atoms with Gasteiger partial charge in [0.25, 0.3) is 5.56 Å². The third kappa shape index (κ3) is 4.06. The number of carbonyl (C=O) groups excluding carboxylic acids is 1. The highest BCUT2D eigenvalue weighted by atomic mass is 16.2. The lowest BCUT2D eigenvalue weighted by atomic mass is 10.0. The number of nitrogens with one attached hydrogen (secondary N) is 1. The zero-order valence-electron chi connectivity index (χ0n) is 13.0. The van der Waals surface area contributed by atoms with Crippen molar-refractivity contribution in [3.8, 4) is 0 Å². The molecule has 0 aromatic carbocycles. The van der Waals surface area contributed by atoms with Gasteiger partial charge in [-0.05, 0) is 18.9 Å². The van der Waals surface area contributed by atoms with Crippen molar-refractivity contribution >= 4 is 5.91 Å². The van der Waals surface area contributed by atoms with Gasteiger partial charge in [-0.2, -0.15) is 5.10 Å². The zero-order chi connectivity index (χ0) is 16.1. The van der Waals surface area contributed by atoms with Gasteiger partial charge in [-0.25, -0.2) is 4.98 Å². The Labute approximate surface area is 134 Å². The van der Waals surface area contributed by atoms with Crippen molar-refractivity contribution in [1.82, 2.24) is 24.6 Å². The molecule has 1 aliphatic rings. The maximum Gasteiger partial charge on any atom is 0.253 e. The highest BCUT2D eigenvalue weighted by Crippen LogP contribution is 2.32. The largest absolute Gasteiger partial charge is 0.353 e. The Morgan fingerprint density at radius 2 is 2.17 bits per heavy atom. The molecule has 2 aromatic heterocycles. The number of hydrogen-bond acceptors (Lipinski definition) is 4. The predicted molar refractivity (Wildman–Crippen MR) is 84.9 cm³/mol. The average Bonchev–Trinajstić information content (AvgIpc) is 3.22. The van der Waals surface area contributed by atoms with Crippen LogP contribution in [0.2, 0.25) is 0 Å². The summed E-state index contributed by atoms with van der Waals surface area (Å²) in [5.41, 5.74) is 0.856. The molecule has 0 aliphatic heterocycles. The second-order valence-electron chi connectivity index (χ2n) is 5.88. The van der Waals surface area contributed by atoms with E-state index < -0.39 is 0 Å². The van der Waals surface area contributed by atoms with Crippen LogP contribution in [0.5, 0.6) is 0 Å². The van der Waals surface area contributed by atoms with Crippen molar-refractivity contribution in [2.45, 2.75) is 44.7 Å². The van der Waals surface area contributed by atoms with Gasteiger partial charge in [0.2, 0.25) is 5.91 Å². The second kappa shape index (κ2) is 7.21. The van der Waals surface area contributed by atoms with E-state index in [1.807, 2.05) is 0 Å². The van der Waals surface area contributed by atoms with Crippen LogP contribution in [0.4, 0.5) is 0 Å². The van der Waals surface area contributed by atoms with Crippen LogP contribution >= 0.6 is 0 Å². The molecule has 1 saturated carbocycles. The molecule has 7 heteroatoms. The number of rotatable bonds is 6. The van der Waals surface area contributed by atoms with E-state index in [1.165, 1.54) is 17.4 Å². The highest BCUT2D eigenvalue weighted by molar-refractivity contribution is 5.75. The molecule has 122 valence electrons. The van der Waals surface area contributed by atoms with E-state index in [0.29, 0.717) is 19.0 Å². The fourth-order valence-corrected chi connectivity index (χ4v) is 2.97. The lowest BCUT2D eigenvalue weighted by Gasteiger charge is -2.11. The molecule has 1 amide bonds. The van der Waals surface area contributed by atoms with E-state index in [9.17, 15) is 9.59 Å². The molecular formula is C16H21N5O2. The Kier molecular flexibility index (Phi) is 4.85. The summed E-state index contributed by atoms with van der Waals surface area (Å²) in [4.78, 5) is 28.3. The van der Waals surface area contributed by atoms with E-state index in [2.05, 4.69) is 15.4 Å². The summed E-state index contributed by atoms with van der Waals surface area (Å²) in [5.74, 6) is 0.309. The predicted octanol–water partition coefficient (Wildman–Crippen LogP) is 0.914. The molecule has 7 nitrogen and oxygen atoms in total. The molecule has 23 heavy (non-hydrogen) atoms. The molecule has 1 aliphatic carbocycles. The minimum absolute atomic E-state index is 0.0526. The number of aromatic nitrogens is 4. The SMILES string of the molecule is O=C(Cn1cccn1)NCCn1cnc(C2CCCC2)cc1=O. The molecule has 2 aromatic rings. The van der Waals surface area contributed by atoms with Crippen LogP contribution in [-0.4, -0.2) is 31.8 Å². The zero-order valence-corrected chi connectivity index (χ0v) is 13.0. The Balaban J connectivity index is 1.50. The summed E-state index contributed by atoms with van der Waals surface area (Å²) in [6, 6.07) is 3.41. The topological polar surface area (TPSA) is 81.8 Å². The molecule has 1 fully saturated rings. The van der Waals surface area contributed by atoms with E-state index in [0.717, 1.165) is 18.5 Å². The maximum atomic E-state index is 12.1. The molecule has 2 heterocycles. The summed E-state index contributed by atoms with van der Waals surface area (Å²) < 4.78 is 3.09. The van der Waals surface area contributed by atoms with Gasteiger partial charge in [0.1, 0.15) is 6.54 Å². The number of amides is 1. The Hall–Kier alpha value is -2.44. The van der Waals surface area contributed by atoms with Gasteiger partial charge in [0.15, 0.2) is 0 Å². The fraction of sp³-hybridized carbons (Fsp3) is 0.500. The molecule has 0 bridgehead atoms. The summed E-state index contributed by atoms with van der Waals surface area (Å²) >= 11 is 0. The van der Waals surface area contributed by atoms with Crippen LogP contribution in [0.3, 0.4) is 0 Å². The number of nitrogens with zero attached hydrogens (tertiary/aromatic N) is 4. The number of hydrogen-bond donors (Lipinski definition) is 1. The second-order valence-corrected chi connectivity index (χ2v) is 5.88. The average molecular weight is 315 g/mol. The summed E-state index contributed by atoms with van der Waals surface area (Å²) in [7, 11) is 0. The van der Waals surface area contributed by atoms with E-state index >= 15 is 0 Å². The molecule has 0 spiro atoms. The van der Waals surface area contributed by atoms with Crippen molar-refractivity contribution in [3.05, 3.63) is 46.9 Å². The Bertz CT molecular complexity index is 702. The van der Waals surface area contributed by atoms with E-state index in [4.69, 9.17) is 0 Å². The van der Waals surface area contributed by atoms with E-state index in [1.54, 1.807) is 35.5 Å². The highest BCUT2D eigenvalue weighted by Gasteiger charge is 2.18. The quantitative estimate of drug-likeness (QED) is 0.859. The fourth-order valence-electron chi connectivity index (χ4n) is 2.97. The minimum Gasteiger partial charge on any atom is -0.353 e. The lowest BCUT2D eigenvalue weighted by Crippen LogP contribution is -2.33. The minimum atomic E-state index is -0.128. The molecule has 0 unspecified atom stereocenters.